The Labute approximate surface area is 257 Å². The number of alkyl halides is 2. The first kappa shape index (κ1) is 29.3. The van der Waals surface area contributed by atoms with Crippen molar-refractivity contribution in [2.75, 3.05) is 44.4 Å². The fourth-order valence-corrected chi connectivity index (χ4v) is 7.63. The van der Waals surface area contributed by atoms with Crippen LogP contribution in [0.15, 0.2) is 30.5 Å². The van der Waals surface area contributed by atoms with Crippen LogP contribution in [0.25, 0.3) is 39.0 Å². The first-order chi connectivity index (χ1) is 21.2. The van der Waals surface area contributed by atoms with Gasteiger partial charge in [-0.05, 0) is 51.3 Å². The number of β-amino-alcohol motifs (C(OH)–C–C–N with tert-alkyl or cyclic N) is 1. The minimum atomic E-state index is -1.53. The Morgan fingerprint density at radius 3 is 2.86 bits per heavy atom. The third-order valence-corrected chi connectivity index (χ3v) is 9.75. The number of aliphatic hydroxyl groups is 1. The molecule has 0 aliphatic carbocycles. The van der Waals surface area contributed by atoms with Crippen molar-refractivity contribution in [2.24, 2.45) is 0 Å². The number of fused-ring (bicyclic) bond motifs is 3. The number of hydrogen-bond acceptors (Lipinski definition) is 7. The van der Waals surface area contributed by atoms with Gasteiger partial charge in [0.2, 0.25) is 0 Å². The fraction of sp³-hybridized carbons (Fsp3) is 0.469. The summed E-state index contributed by atoms with van der Waals surface area (Å²) in [6, 6.07) is 5.11. The second-order valence-electron chi connectivity index (χ2n) is 12.4. The molecule has 4 aromatic rings. The highest BCUT2D eigenvalue weighted by molar-refractivity contribution is 6.34. The summed E-state index contributed by atoms with van der Waals surface area (Å²) in [6.45, 7) is 2.79. The Balaban J connectivity index is 1.38. The first-order valence-corrected chi connectivity index (χ1v) is 15.5. The number of H-pyrrole nitrogens is 1. The van der Waals surface area contributed by atoms with Gasteiger partial charge in [-0.15, -0.1) is 0 Å². The standard InChI is InChI=1S/C32H34ClF3N6O2/c1-2-5-20-24(33)12-25-23(14-37-40-25)26(20)21-6-7-22-28(27(21)36)38-30(39-29(22)41-10-4-9-32(43,16-34)17-41)44-18-31-8-3-11-42(31)15-19(35)13-31/h2,5-7,12,14,19,43H,3-4,8-11,13,15-18H2,1H3,(H,37,40)/b5-2-/t19-,31+,32+/m1/s1. The van der Waals surface area contributed by atoms with E-state index in [0.29, 0.717) is 70.6 Å². The van der Waals surface area contributed by atoms with E-state index >= 15 is 4.39 Å². The second-order valence-corrected chi connectivity index (χ2v) is 12.8. The number of allylic oxidation sites excluding steroid dienone is 1. The van der Waals surface area contributed by atoms with E-state index in [-0.39, 0.29) is 30.2 Å². The molecule has 232 valence electrons. The molecular formula is C32H34ClF3N6O2. The minimum Gasteiger partial charge on any atom is -0.461 e. The Bertz CT molecular complexity index is 1770. The number of aromatic nitrogens is 4. The van der Waals surface area contributed by atoms with Crippen LogP contribution in [0.5, 0.6) is 6.01 Å². The Kier molecular flexibility index (Phi) is 7.45. The minimum absolute atomic E-state index is 0.00491. The van der Waals surface area contributed by atoms with Gasteiger partial charge in [0.05, 0.1) is 28.8 Å². The molecule has 0 saturated carbocycles. The lowest BCUT2D eigenvalue weighted by Crippen LogP contribution is -2.50. The summed E-state index contributed by atoms with van der Waals surface area (Å²) in [4.78, 5) is 13.2. The topological polar surface area (TPSA) is 90.4 Å². The highest BCUT2D eigenvalue weighted by atomic mass is 35.5. The summed E-state index contributed by atoms with van der Waals surface area (Å²) in [5, 5.41) is 19.4. The molecule has 7 rings (SSSR count). The zero-order valence-electron chi connectivity index (χ0n) is 24.4. The maximum Gasteiger partial charge on any atom is 0.319 e. The summed E-state index contributed by atoms with van der Waals surface area (Å²) in [5.41, 5.74) is 0.165. The van der Waals surface area contributed by atoms with Crippen molar-refractivity contribution >= 4 is 45.3 Å². The fourth-order valence-electron chi connectivity index (χ4n) is 7.37. The molecular weight excluding hydrogens is 593 g/mol. The van der Waals surface area contributed by atoms with Crippen LogP contribution in [0.1, 0.15) is 44.6 Å². The monoisotopic (exact) mass is 626 g/mol. The van der Waals surface area contributed by atoms with E-state index in [1.54, 1.807) is 29.3 Å². The van der Waals surface area contributed by atoms with Crippen molar-refractivity contribution in [3.63, 3.8) is 0 Å². The van der Waals surface area contributed by atoms with Gasteiger partial charge in [0.25, 0.3) is 0 Å². The van der Waals surface area contributed by atoms with Gasteiger partial charge < -0.3 is 14.7 Å². The lowest BCUT2D eigenvalue weighted by molar-refractivity contribution is 0.00302. The number of aromatic amines is 1. The molecule has 3 aliphatic rings. The second kappa shape index (κ2) is 11.2. The SMILES string of the molecule is C/C=C\c1c(Cl)cc2[nH]ncc2c1-c1ccc2c(N3CCC[C@](O)(CF)C3)nc(OC[C@@]34CCCN3C[C@H](F)C4)nc2c1F. The Morgan fingerprint density at radius 1 is 1.20 bits per heavy atom. The van der Waals surface area contributed by atoms with E-state index in [4.69, 9.17) is 21.3 Å². The van der Waals surface area contributed by atoms with E-state index in [0.717, 1.165) is 19.4 Å². The van der Waals surface area contributed by atoms with Gasteiger partial charge in [-0.1, -0.05) is 29.8 Å². The van der Waals surface area contributed by atoms with Gasteiger partial charge in [0.15, 0.2) is 5.82 Å². The third kappa shape index (κ3) is 4.89. The van der Waals surface area contributed by atoms with Gasteiger partial charge in [0, 0.05) is 47.0 Å². The zero-order chi connectivity index (χ0) is 30.6. The van der Waals surface area contributed by atoms with Crippen molar-refractivity contribution < 1.29 is 23.0 Å². The summed E-state index contributed by atoms with van der Waals surface area (Å²) in [7, 11) is 0. The number of benzene rings is 2. The molecule has 2 aromatic heterocycles. The average molecular weight is 627 g/mol. The molecule has 3 atom stereocenters. The molecule has 0 bridgehead atoms. The number of nitrogens with one attached hydrogen (secondary N) is 1. The van der Waals surface area contributed by atoms with Crippen LogP contribution in [0.2, 0.25) is 5.02 Å². The lowest BCUT2D eigenvalue weighted by Gasteiger charge is -2.38. The maximum absolute atomic E-state index is 16.9. The molecule has 2 N–H and O–H groups in total. The normalized spacial score (nSPS) is 26.0. The van der Waals surface area contributed by atoms with Crippen LogP contribution < -0.4 is 9.64 Å². The molecule has 44 heavy (non-hydrogen) atoms. The predicted molar refractivity (Wildman–Crippen MR) is 165 cm³/mol. The number of anilines is 1. The molecule has 12 heteroatoms. The summed E-state index contributed by atoms with van der Waals surface area (Å²) < 4.78 is 51.4. The van der Waals surface area contributed by atoms with E-state index in [1.165, 1.54) is 0 Å². The van der Waals surface area contributed by atoms with E-state index in [9.17, 15) is 13.9 Å². The number of piperidine rings is 1. The number of rotatable bonds is 7. The molecule has 3 saturated heterocycles. The number of nitrogens with zero attached hydrogens (tertiary/aromatic N) is 5. The molecule has 5 heterocycles. The van der Waals surface area contributed by atoms with Crippen LogP contribution in [-0.4, -0.2) is 86.9 Å². The number of halogens is 4. The van der Waals surface area contributed by atoms with Crippen LogP contribution in [0, 0.1) is 5.82 Å². The quantitative estimate of drug-likeness (QED) is 0.250. The summed E-state index contributed by atoms with van der Waals surface area (Å²) in [5.74, 6) is -0.250. The van der Waals surface area contributed by atoms with Crippen molar-refractivity contribution in [1.82, 2.24) is 25.1 Å². The summed E-state index contributed by atoms with van der Waals surface area (Å²) in [6.07, 6.45) is 7.33. The zero-order valence-corrected chi connectivity index (χ0v) is 25.2. The van der Waals surface area contributed by atoms with Crippen molar-refractivity contribution in [1.29, 1.82) is 0 Å². The Hall–Kier alpha value is -3.41. The van der Waals surface area contributed by atoms with Gasteiger partial charge in [0.1, 0.15) is 36.4 Å². The smallest absolute Gasteiger partial charge is 0.319 e. The Morgan fingerprint density at radius 2 is 2.05 bits per heavy atom. The average Bonchev–Trinajstić information content (AvgIpc) is 3.71. The lowest BCUT2D eigenvalue weighted by atomic mass is 9.93. The van der Waals surface area contributed by atoms with Gasteiger partial charge >= 0.3 is 6.01 Å². The highest BCUT2D eigenvalue weighted by Gasteiger charge is 2.49. The van der Waals surface area contributed by atoms with E-state index in [2.05, 4.69) is 20.1 Å². The molecule has 3 aliphatic heterocycles. The largest absolute Gasteiger partial charge is 0.461 e. The van der Waals surface area contributed by atoms with E-state index < -0.39 is 29.8 Å². The first-order valence-electron chi connectivity index (χ1n) is 15.1. The molecule has 8 nitrogen and oxygen atoms in total. The molecule has 0 unspecified atom stereocenters. The molecule has 0 spiro atoms. The third-order valence-electron chi connectivity index (χ3n) is 9.44. The highest BCUT2D eigenvalue weighted by Crippen LogP contribution is 2.43. The van der Waals surface area contributed by atoms with Gasteiger partial charge in [-0.25, -0.2) is 13.2 Å². The summed E-state index contributed by atoms with van der Waals surface area (Å²) >= 11 is 6.66. The van der Waals surface area contributed by atoms with Crippen molar-refractivity contribution in [3.05, 3.63) is 46.9 Å². The van der Waals surface area contributed by atoms with Crippen LogP contribution >= 0.6 is 11.6 Å². The molecule has 2 aromatic carbocycles. The molecule has 0 amide bonds. The van der Waals surface area contributed by atoms with Crippen LogP contribution in [0.3, 0.4) is 0 Å². The number of ether oxygens (including phenoxy) is 1. The van der Waals surface area contributed by atoms with Crippen molar-refractivity contribution in [3.8, 4) is 17.1 Å². The van der Waals surface area contributed by atoms with Crippen LogP contribution in [0.4, 0.5) is 19.0 Å². The van der Waals surface area contributed by atoms with Gasteiger partial charge in [-0.3, -0.25) is 10.00 Å². The maximum atomic E-state index is 16.9. The van der Waals surface area contributed by atoms with Crippen LogP contribution in [-0.2, 0) is 0 Å². The number of hydrogen-bond donors (Lipinski definition) is 2. The van der Waals surface area contributed by atoms with E-state index in [1.807, 2.05) is 19.1 Å². The molecule has 3 fully saturated rings. The predicted octanol–water partition coefficient (Wildman–Crippen LogP) is 6.25. The molecule has 0 radical (unpaired) electrons. The van der Waals surface area contributed by atoms with Gasteiger partial charge in [-0.2, -0.15) is 15.1 Å². The van der Waals surface area contributed by atoms with Crippen molar-refractivity contribution in [2.45, 2.75) is 56.3 Å².